The number of nitrogens with one attached hydrogen (secondary N) is 1. The molecule has 0 spiro atoms. The third-order valence-corrected chi connectivity index (χ3v) is 5.37. The quantitative estimate of drug-likeness (QED) is 0.554. The summed E-state index contributed by atoms with van der Waals surface area (Å²) >= 11 is 14.6. The first-order valence-electron chi connectivity index (χ1n) is 6.55. The Balaban J connectivity index is 2.65. The third kappa shape index (κ3) is 6.19. The Kier molecular flexibility index (Phi) is 8.71. The van der Waals surface area contributed by atoms with Crippen LogP contribution in [-0.2, 0) is 4.79 Å². The summed E-state index contributed by atoms with van der Waals surface area (Å²) in [5, 5.41) is 12.8. The summed E-state index contributed by atoms with van der Waals surface area (Å²) in [6.07, 6.45) is 3.33. The van der Waals surface area contributed by atoms with Crippen molar-refractivity contribution in [2.45, 2.75) is 13.0 Å². The molecule has 1 unspecified atom stereocenters. The molecule has 0 aromatic heterocycles. The van der Waals surface area contributed by atoms with E-state index in [1.54, 1.807) is 25.1 Å². The highest BCUT2D eigenvalue weighted by molar-refractivity contribution is 8.21. The zero-order chi connectivity index (χ0) is 17.4. The van der Waals surface area contributed by atoms with Crippen molar-refractivity contribution in [3.63, 3.8) is 0 Å². The van der Waals surface area contributed by atoms with E-state index < -0.39 is 5.91 Å². The van der Waals surface area contributed by atoms with Gasteiger partial charge in [-0.1, -0.05) is 23.2 Å². The number of nitrogens with zero attached hydrogens (tertiary/aromatic N) is 1. The van der Waals surface area contributed by atoms with Crippen LogP contribution < -0.4 is 10.1 Å². The third-order valence-electron chi connectivity index (χ3n) is 2.69. The van der Waals surface area contributed by atoms with E-state index in [-0.39, 0.29) is 18.2 Å². The molecule has 0 aliphatic rings. The van der Waals surface area contributed by atoms with E-state index in [0.29, 0.717) is 20.0 Å². The average Bonchev–Trinajstić information content (AvgIpc) is 2.52. The Bertz CT molecular complexity index is 639. The van der Waals surface area contributed by atoms with Crippen LogP contribution in [0.15, 0.2) is 28.0 Å². The van der Waals surface area contributed by atoms with E-state index in [2.05, 4.69) is 5.32 Å². The van der Waals surface area contributed by atoms with Crippen molar-refractivity contribution in [2.75, 3.05) is 19.1 Å². The van der Waals surface area contributed by atoms with Crippen molar-refractivity contribution in [3.05, 3.63) is 38.1 Å². The summed E-state index contributed by atoms with van der Waals surface area (Å²) in [4.78, 5) is 12.1. The van der Waals surface area contributed by atoms with E-state index in [1.165, 1.54) is 23.5 Å². The molecule has 0 aliphatic carbocycles. The van der Waals surface area contributed by atoms with Crippen LogP contribution in [0.3, 0.4) is 0 Å². The minimum absolute atomic E-state index is 0.113. The van der Waals surface area contributed by atoms with Crippen LogP contribution in [0.4, 0.5) is 0 Å². The number of ether oxygens (including phenoxy) is 1. The van der Waals surface area contributed by atoms with Gasteiger partial charge in [-0.05, 0) is 37.6 Å². The van der Waals surface area contributed by atoms with Gasteiger partial charge >= 0.3 is 0 Å². The lowest BCUT2D eigenvalue weighted by atomic mass is 10.3. The monoisotopic (exact) mass is 390 g/mol. The standard InChI is InChI=1S/C15H16Cl2N2O2S2/c1-9(21-13-5-4-10(16)6-12(13)17)8-19-14(20)11(7-18)15(22-2)23-3/h4-6,9H,8H2,1-3H3,(H,19,20). The van der Waals surface area contributed by atoms with Gasteiger partial charge in [0, 0.05) is 5.02 Å². The predicted octanol–water partition coefficient (Wildman–Crippen LogP) is 4.34. The summed E-state index contributed by atoms with van der Waals surface area (Å²) in [6, 6.07) is 6.87. The molecule has 124 valence electrons. The van der Waals surface area contributed by atoms with E-state index in [4.69, 9.17) is 33.2 Å². The van der Waals surface area contributed by atoms with Gasteiger partial charge in [-0.2, -0.15) is 5.26 Å². The molecule has 8 heteroatoms. The smallest absolute Gasteiger partial charge is 0.263 e. The van der Waals surface area contributed by atoms with Gasteiger partial charge in [0.1, 0.15) is 23.5 Å². The lowest BCUT2D eigenvalue weighted by Gasteiger charge is -2.16. The fraction of sp³-hybridized carbons (Fsp3) is 0.333. The Hall–Kier alpha value is -1.000. The normalized spacial score (nSPS) is 11.3. The molecule has 23 heavy (non-hydrogen) atoms. The van der Waals surface area contributed by atoms with Crippen molar-refractivity contribution >= 4 is 52.6 Å². The number of halogens is 2. The van der Waals surface area contributed by atoms with Crippen LogP contribution in [-0.4, -0.2) is 31.1 Å². The van der Waals surface area contributed by atoms with E-state index in [1.807, 2.05) is 18.6 Å². The molecule has 0 aliphatic heterocycles. The Morgan fingerprint density at radius 1 is 1.39 bits per heavy atom. The number of benzene rings is 1. The first kappa shape index (κ1) is 20.0. The SMILES string of the molecule is CSC(SC)=C(C#N)C(=O)NCC(C)Oc1ccc(Cl)cc1Cl. The fourth-order valence-electron chi connectivity index (χ4n) is 1.63. The average molecular weight is 391 g/mol. The van der Waals surface area contributed by atoms with Gasteiger partial charge in [-0.15, -0.1) is 23.5 Å². The number of hydrogen-bond donors (Lipinski definition) is 1. The zero-order valence-electron chi connectivity index (χ0n) is 12.9. The lowest BCUT2D eigenvalue weighted by molar-refractivity contribution is -0.117. The molecular weight excluding hydrogens is 375 g/mol. The summed E-state index contributed by atoms with van der Waals surface area (Å²) in [6.45, 7) is 2.05. The van der Waals surface area contributed by atoms with E-state index in [0.717, 1.165) is 0 Å². The van der Waals surface area contributed by atoms with Crippen LogP contribution in [0.1, 0.15) is 6.92 Å². The molecule has 0 fully saturated rings. The number of hydrogen-bond acceptors (Lipinski definition) is 5. The second-order valence-electron chi connectivity index (χ2n) is 4.40. The first-order chi connectivity index (χ1) is 10.9. The molecule has 0 saturated heterocycles. The molecule has 0 heterocycles. The summed E-state index contributed by atoms with van der Waals surface area (Å²) in [5.41, 5.74) is 0.113. The molecule has 1 aromatic rings. The highest BCUT2D eigenvalue weighted by Gasteiger charge is 2.16. The second-order valence-corrected chi connectivity index (χ2v) is 7.13. The van der Waals surface area contributed by atoms with Crippen molar-refractivity contribution < 1.29 is 9.53 Å². The maximum Gasteiger partial charge on any atom is 0.263 e. The molecule has 1 atom stereocenters. The topological polar surface area (TPSA) is 62.1 Å². The molecule has 1 rings (SSSR count). The maximum atomic E-state index is 12.1. The number of thioether (sulfide) groups is 2. The van der Waals surface area contributed by atoms with Gasteiger partial charge in [0.2, 0.25) is 0 Å². The Labute approximate surface area is 154 Å². The molecule has 0 radical (unpaired) electrons. The summed E-state index contributed by atoms with van der Waals surface area (Å²) in [7, 11) is 0. The number of rotatable bonds is 7. The molecule has 1 N–H and O–H groups in total. The van der Waals surface area contributed by atoms with Crippen LogP contribution in [0.5, 0.6) is 5.75 Å². The minimum Gasteiger partial charge on any atom is -0.487 e. The molecule has 0 saturated carbocycles. The summed E-state index contributed by atoms with van der Waals surface area (Å²) in [5.74, 6) is 0.0756. The molecule has 0 bridgehead atoms. The van der Waals surface area contributed by atoms with Crippen LogP contribution in [0, 0.1) is 11.3 Å². The van der Waals surface area contributed by atoms with Crippen molar-refractivity contribution in [2.24, 2.45) is 0 Å². The van der Waals surface area contributed by atoms with Gasteiger partial charge < -0.3 is 10.1 Å². The molecular formula is C15H16Cl2N2O2S2. The highest BCUT2D eigenvalue weighted by atomic mass is 35.5. The predicted molar refractivity (Wildman–Crippen MR) is 99.2 cm³/mol. The van der Waals surface area contributed by atoms with Gasteiger partial charge in [0.05, 0.1) is 15.8 Å². The minimum atomic E-state index is -0.413. The van der Waals surface area contributed by atoms with E-state index in [9.17, 15) is 4.79 Å². The zero-order valence-corrected chi connectivity index (χ0v) is 16.0. The van der Waals surface area contributed by atoms with Crippen molar-refractivity contribution in [1.82, 2.24) is 5.32 Å². The lowest BCUT2D eigenvalue weighted by Crippen LogP contribution is -2.34. The molecule has 1 aromatic carbocycles. The van der Waals surface area contributed by atoms with E-state index >= 15 is 0 Å². The van der Waals surface area contributed by atoms with Gasteiger partial charge in [0.15, 0.2) is 0 Å². The van der Waals surface area contributed by atoms with Crippen LogP contribution in [0.2, 0.25) is 10.0 Å². The number of amides is 1. The van der Waals surface area contributed by atoms with Gasteiger partial charge in [0.25, 0.3) is 5.91 Å². The number of carbonyl (C=O) groups is 1. The van der Waals surface area contributed by atoms with Gasteiger partial charge in [-0.3, -0.25) is 4.79 Å². The number of carbonyl (C=O) groups excluding carboxylic acids is 1. The fourth-order valence-corrected chi connectivity index (χ4v) is 3.44. The Morgan fingerprint density at radius 2 is 2.04 bits per heavy atom. The first-order valence-corrected chi connectivity index (χ1v) is 9.75. The molecule has 1 amide bonds. The van der Waals surface area contributed by atoms with Crippen molar-refractivity contribution in [1.29, 1.82) is 5.26 Å². The Morgan fingerprint density at radius 3 is 2.57 bits per heavy atom. The van der Waals surface area contributed by atoms with Crippen LogP contribution in [0.25, 0.3) is 0 Å². The van der Waals surface area contributed by atoms with Gasteiger partial charge in [-0.25, -0.2) is 0 Å². The summed E-state index contributed by atoms with van der Waals surface area (Å²) < 4.78 is 6.34. The number of nitriles is 1. The largest absolute Gasteiger partial charge is 0.487 e. The maximum absolute atomic E-state index is 12.1. The van der Waals surface area contributed by atoms with Crippen LogP contribution >= 0.6 is 46.7 Å². The molecule has 4 nitrogen and oxygen atoms in total. The van der Waals surface area contributed by atoms with Crippen molar-refractivity contribution in [3.8, 4) is 11.8 Å². The second kappa shape index (κ2) is 9.99. The highest BCUT2D eigenvalue weighted by Crippen LogP contribution is 2.29.